The van der Waals surface area contributed by atoms with Crippen LogP contribution >= 0.6 is 24.0 Å². The highest BCUT2D eigenvalue weighted by atomic mass is 32.2. The summed E-state index contributed by atoms with van der Waals surface area (Å²) in [5.74, 6) is -0.571. The van der Waals surface area contributed by atoms with E-state index in [9.17, 15) is 14.7 Å². The Hall–Kier alpha value is -2.84. The Balaban J connectivity index is 1.79. The number of para-hydroxylation sites is 1. The van der Waals surface area contributed by atoms with Crippen molar-refractivity contribution in [2.24, 2.45) is 0 Å². The molecule has 2 aromatic carbocycles. The molecule has 26 heavy (non-hydrogen) atoms. The van der Waals surface area contributed by atoms with Gasteiger partial charge in [-0.3, -0.25) is 15.0 Å². The maximum Gasteiger partial charge on any atom is 0.285 e. The highest BCUT2D eigenvalue weighted by Gasteiger charge is 2.34. The molecule has 1 aliphatic rings. The van der Waals surface area contributed by atoms with Crippen molar-refractivity contribution in [2.45, 2.75) is 0 Å². The molecule has 8 heteroatoms. The summed E-state index contributed by atoms with van der Waals surface area (Å²) in [4.78, 5) is 25.2. The van der Waals surface area contributed by atoms with Crippen LogP contribution in [0.1, 0.15) is 15.9 Å². The molecule has 132 valence electrons. The summed E-state index contributed by atoms with van der Waals surface area (Å²) < 4.78 is 5.37. The number of carbonyl (C=O) groups is 2. The number of carbonyl (C=O) groups excluding carboxylic acids is 2. The first-order valence-corrected chi connectivity index (χ1v) is 8.73. The highest BCUT2D eigenvalue weighted by Crippen LogP contribution is 2.32. The van der Waals surface area contributed by atoms with Crippen molar-refractivity contribution in [1.82, 2.24) is 10.4 Å². The number of nitrogens with zero attached hydrogens (tertiary/aromatic N) is 1. The summed E-state index contributed by atoms with van der Waals surface area (Å²) in [6, 6.07) is 13.3. The summed E-state index contributed by atoms with van der Waals surface area (Å²) in [5.41, 5.74) is 3.26. The minimum absolute atomic E-state index is 0.0540. The Morgan fingerprint density at radius 3 is 2.77 bits per heavy atom. The van der Waals surface area contributed by atoms with Gasteiger partial charge in [-0.2, -0.15) is 5.01 Å². The lowest BCUT2D eigenvalue weighted by Gasteiger charge is -2.16. The number of nitrogens with one attached hydrogen (secondary N) is 1. The number of rotatable bonds is 4. The highest BCUT2D eigenvalue weighted by molar-refractivity contribution is 8.26. The fourth-order valence-electron chi connectivity index (χ4n) is 2.27. The first-order valence-electron chi connectivity index (χ1n) is 7.50. The van der Waals surface area contributed by atoms with Crippen molar-refractivity contribution in [2.75, 3.05) is 7.11 Å². The summed E-state index contributed by atoms with van der Waals surface area (Å²) >= 11 is 6.27. The van der Waals surface area contributed by atoms with Crippen LogP contribution in [-0.2, 0) is 4.79 Å². The van der Waals surface area contributed by atoms with Crippen LogP contribution in [0.15, 0.2) is 53.4 Å². The third-order valence-corrected chi connectivity index (χ3v) is 4.85. The number of phenols is 1. The molecule has 0 spiro atoms. The number of phenolic OH excluding ortho intramolecular Hbond substituents is 1. The Kier molecular flexibility index (Phi) is 5.24. The van der Waals surface area contributed by atoms with Gasteiger partial charge in [0.15, 0.2) is 4.32 Å². The number of amides is 2. The van der Waals surface area contributed by atoms with E-state index in [0.717, 1.165) is 22.3 Å². The summed E-state index contributed by atoms with van der Waals surface area (Å²) in [5, 5.41) is 10.8. The number of aromatic hydroxyl groups is 1. The molecule has 1 saturated heterocycles. The standard InChI is InChI=1S/C18H14N2O4S2/c1-24-12-6-4-5-11(9-12)10-15-17(23)20(18(25)26-15)19-16(22)13-7-2-3-8-14(13)21/h2-10,21H,1H3,(H,19,22)/b15-10+. The van der Waals surface area contributed by atoms with Gasteiger partial charge in [-0.15, -0.1) is 0 Å². The fraction of sp³-hybridized carbons (Fsp3) is 0.0556. The van der Waals surface area contributed by atoms with E-state index < -0.39 is 11.8 Å². The van der Waals surface area contributed by atoms with Gasteiger partial charge in [-0.1, -0.05) is 36.0 Å². The molecule has 3 rings (SSSR count). The van der Waals surface area contributed by atoms with E-state index in [1.54, 1.807) is 37.5 Å². The fourth-order valence-corrected chi connectivity index (χ4v) is 3.45. The molecule has 2 N–H and O–H groups in total. The lowest BCUT2D eigenvalue weighted by Crippen LogP contribution is -2.44. The molecule has 0 bridgehead atoms. The van der Waals surface area contributed by atoms with Crippen molar-refractivity contribution in [3.8, 4) is 11.5 Å². The molecule has 0 radical (unpaired) electrons. The Bertz CT molecular complexity index is 927. The smallest absolute Gasteiger partial charge is 0.285 e. The van der Waals surface area contributed by atoms with E-state index in [-0.39, 0.29) is 15.6 Å². The van der Waals surface area contributed by atoms with Crippen LogP contribution in [-0.4, -0.2) is 33.4 Å². The average Bonchev–Trinajstić information content (AvgIpc) is 2.89. The monoisotopic (exact) mass is 386 g/mol. The lowest BCUT2D eigenvalue weighted by molar-refractivity contribution is -0.123. The van der Waals surface area contributed by atoms with Gasteiger partial charge in [0.25, 0.3) is 11.8 Å². The number of thiocarbonyl (C=S) groups is 1. The quantitative estimate of drug-likeness (QED) is 0.621. The van der Waals surface area contributed by atoms with E-state index in [1.807, 2.05) is 12.1 Å². The molecular formula is C18H14N2O4S2. The zero-order valence-corrected chi connectivity index (χ0v) is 15.3. The van der Waals surface area contributed by atoms with Crippen LogP contribution in [0.5, 0.6) is 11.5 Å². The van der Waals surface area contributed by atoms with Gasteiger partial charge in [0.05, 0.1) is 17.6 Å². The first kappa shape index (κ1) is 18.0. The zero-order chi connectivity index (χ0) is 18.7. The maximum atomic E-state index is 12.6. The van der Waals surface area contributed by atoms with Crippen LogP contribution in [0.2, 0.25) is 0 Å². The number of hydrazine groups is 1. The molecule has 0 aromatic heterocycles. The van der Waals surface area contributed by atoms with Crippen LogP contribution in [0.4, 0.5) is 0 Å². The maximum absolute atomic E-state index is 12.6. The molecule has 1 heterocycles. The van der Waals surface area contributed by atoms with E-state index in [2.05, 4.69) is 5.43 Å². The molecule has 2 amide bonds. The van der Waals surface area contributed by atoms with Crippen molar-refractivity contribution in [3.05, 3.63) is 64.6 Å². The molecule has 6 nitrogen and oxygen atoms in total. The largest absolute Gasteiger partial charge is 0.507 e. The van der Waals surface area contributed by atoms with Crippen LogP contribution in [0.25, 0.3) is 6.08 Å². The summed E-state index contributed by atoms with van der Waals surface area (Å²) in [6.07, 6.45) is 1.67. The molecule has 0 aliphatic carbocycles. The van der Waals surface area contributed by atoms with Crippen molar-refractivity contribution >= 4 is 46.2 Å². The van der Waals surface area contributed by atoms with Gasteiger partial charge in [-0.25, -0.2) is 0 Å². The van der Waals surface area contributed by atoms with Gasteiger partial charge in [0, 0.05) is 0 Å². The van der Waals surface area contributed by atoms with E-state index in [4.69, 9.17) is 17.0 Å². The number of methoxy groups -OCH3 is 1. The van der Waals surface area contributed by atoms with Gasteiger partial charge >= 0.3 is 0 Å². The number of ether oxygens (including phenoxy) is 1. The Labute approximate surface area is 159 Å². The van der Waals surface area contributed by atoms with E-state index >= 15 is 0 Å². The van der Waals surface area contributed by atoms with Gasteiger partial charge in [-0.05, 0) is 48.1 Å². The number of hydrogen-bond donors (Lipinski definition) is 2. The van der Waals surface area contributed by atoms with Crippen molar-refractivity contribution in [1.29, 1.82) is 0 Å². The van der Waals surface area contributed by atoms with E-state index in [1.165, 1.54) is 12.1 Å². The SMILES string of the molecule is COc1cccc(/C=C2/SC(=S)N(NC(=O)c3ccccc3O)C2=O)c1. The molecule has 2 aromatic rings. The minimum atomic E-state index is -0.623. The molecule has 1 aliphatic heterocycles. The topological polar surface area (TPSA) is 78.9 Å². The summed E-state index contributed by atoms with van der Waals surface area (Å²) in [7, 11) is 1.56. The molecule has 0 saturated carbocycles. The number of thioether (sulfide) groups is 1. The third kappa shape index (κ3) is 3.71. The second kappa shape index (κ2) is 7.59. The zero-order valence-electron chi connectivity index (χ0n) is 13.6. The summed E-state index contributed by atoms with van der Waals surface area (Å²) in [6.45, 7) is 0. The predicted molar refractivity (Wildman–Crippen MR) is 104 cm³/mol. The molecular weight excluding hydrogens is 372 g/mol. The third-order valence-electron chi connectivity index (χ3n) is 3.55. The predicted octanol–water partition coefficient (Wildman–Crippen LogP) is 2.95. The first-order chi connectivity index (χ1) is 12.5. The normalized spacial score (nSPS) is 15.4. The van der Waals surface area contributed by atoms with Gasteiger partial charge in [0.1, 0.15) is 11.5 Å². The Morgan fingerprint density at radius 2 is 2.04 bits per heavy atom. The van der Waals surface area contributed by atoms with Gasteiger partial charge < -0.3 is 9.84 Å². The van der Waals surface area contributed by atoms with E-state index in [0.29, 0.717) is 10.7 Å². The average molecular weight is 386 g/mol. The molecule has 0 unspecified atom stereocenters. The lowest BCUT2D eigenvalue weighted by atomic mass is 10.2. The van der Waals surface area contributed by atoms with Crippen molar-refractivity contribution < 1.29 is 19.4 Å². The Morgan fingerprint density at radius 1 is 1.27 bits per heavy atom. The van der Waals surface area contributed by atoms with Crippen LogP contribution in [0.3, 0.4) is 0 Å². The van der Waals surface area contributed by atoms with Crippen LogP contribution < -0.4 is 10.2 Å². The second-order valence-corrected chi connectivity index (χ2v) is 6.93. The second-order valence-electron chi connectivity index (χ2n) is 5.25. The molecule has 1 fully saturated rings. The van der Waals surface area contributed by atoms with Crippen molar-refractivity contribution in [3.63, 3.8) is 0 Å². The number of benzene rings is 2. The minimum Gasteiger partial charge on any atom is -0.507 e. The molecule has 0 atom stereocenters. The van der Waals surface area contributed by atoms with Gasteiger partial charge in [0.2, 0.25) is 0 Å². The van der Waals surface area contributed by atoms with Crippen LogP contribution in [0, 0.1) is 0 Å². The number of hydrogen-bond acceptors (Lipinski definition) is 6.